The number of carboxylic acid groups (broad SMARTS) is 1. The third kappa shape index (κ3) is 8.17. The number of ether oxygens (including phenoxy) is 2. The van der Waals surface area contributed by atoms with Crippen molar-refractivity contribution in [2.24, 2.45) is 4.99 Å². The molecule has 1 heterocycles. The Morgan fingerprint density at radius 2 is 1.55 bits per heavy atom. The van der Waals surface area contributed by atoms with Gasteiger partial charge in [-0.15, -0.1) is 0 Å². The van der Waals surface area contributed by atoms with E-state index in [4.69, 9.17) is 9.47 Å². The topological polar surface area (TPSA) is 155 Å². The molecule has 4 N–H and O–H groups in total. The summed E-state index contributed by atoms with van der Waals surface area (Å²) < 4.78 is 42.5. The van der Waals surface area contributed by atoms with E-state index in [9.17, 15) is 23.1 Å². The van der Waals surface area contributed by atoms with Gasteiger partial charge in [-0.1, -0.05) is 78.9 Å². The zero-order valence-electron chi connectivity index (χ0n) is 30.7. The highest BCUT2D eigenvalue weighted by Gasteiger charge is 2.37. The molecule has 1 aliphatic heterocycles. The van der Waals surface area contributed by atoms with E-state index in [0.717, 1.165) is 44.7 Å². The highest BCUT2D eigenvalue weighted by molar-refractivity contribution is 7.90. The summed E-state index contributed by atoms with van der Waals surface area (Å²) in [5.74, 6) is -0.604. The maximum absolute atomic E-state index is 14.0. The number of sulfonamides is 1. The van der Waals surface area contributed by atoms with Crippen LogP contribution in [0.3, 0.4) is 0 Å². The van der Waals surface area contributed by atoms with E-state index in [1.54, 1.807) is 13.8 Å². The molecule has 0 unspecified atom stereocenters. The lowest BCUT2D eigenvalue weighted by molar-refractivity contribution is -0.139. The predicted molar refractivity (Wildman–Crippen MR) is 204 cm³/mol. The lowest BCUT2D eigenvalue weighted by Gasteiger charge is -2.20. The molecule has 0 aromatic heterocycles. The van der Waals surface area contributed by atoms with E-state index in [2.05, 4.69) is 20.3 Å². The zero-order chi connectivity index (χ0) is 37.9. The summed E-state index contributed by atoms with van der Waals surface area (Å²) in [6, 6.07) is 24.1. The normalized spacial score (nSPS) is 15.1. The molecule has 0 saturated carbocycles. The van der Waals surface area contributed by atoms with E-state index in [1.165, 1.54) is 0 Å². The Morgan fingerprint density at radius 3 is 2.19 bits per heavy atom. The molecule has 278 valence electrons. The van der Waals surface area contributed by atoms with Crippen LogP contribution in [-0.2, 0) is 32.5 Å². The van der Waals surface area contributed by atoms with Crippen LogP contribution in [0.1, 0.15) is 71.6 Å². The molecule has 6 rings (SSSR count). The van der Waals surface area contributed by atoms with Gasteiger partial charge in [-0.2, -0.15) is 0 Å². The van der Waals surface area contributed by atoms with Gasteiger partial charge >= 0.3 is 12.1 Å². The SMILES string of the molecule is Cc1c(C)c(S(=O)(=O)NC(=NCc2ccccc2)NCCC[C@@H](NC(=O)OCC2c3ccccc3-c3ccccc32)C(=O)O)c(C)c2c1OC(C)(C)C2. The summed E-state index contributed by atoms with van der Waals surface area (Å²) in [4.78, 5) is 29.8. The first-order chi connectivity index (χ1) is 25.3. The number of rotatable bonds is 12. The third-order valence-electron chi connectivity index (χ3n) is 9.95. The van der Waals surface area contributed by atoms with Gasteiger partial charge in [0, 0.05) is 24.4 Å². The average Bonchev–Trinajstić information content (AvgIpc) is 3.64. The number of carboxylic acids is 1. The summed E-state index contributed by atoms with van der Waals surface area (Å²) in [6.07, 6.45) is 0.0902. The molecule has 1 atom stereocenters. The smallest absolute Gasteiger partial charge is 0.407 e. The molecule has 0 saturated heterocycles. The van der Waals surface area contributed by atoms with Crippen LogP contribution in [0.5, 0.6) is 5.75 Å². The largest absolute Gasteiger partial charge is 0.487 e. The molecule has 0 fully saturated rings. The number of hydrogen-bond donors (Lipinski definition) is 4. The average molecular weight is 739 g/mol. The molecule has 0 radical (unpaired) electrons. The van der Waals surface area contributed by atoms with Gasteiger partial charge in [0.1, 0.15) is 24.0 Å². The molecule has 12 heteroatoms. The monoisotopic (exact) mass is 738 g/mol. The number of carbonyl (C=O) groups excluding carboxylic acids is 1. The second-order valence-corrected chi connectivity index (χ2v) is 15.9. The van der Waals surface area contributed by atoms with Crippen molar-refractivity contribution in [2.75, 3.05) is 13.2 Å². The summed E-state index contributed by atoms with van der Waals surface area (Å²) in [5, 5.41) is 15.5. The zero-order valence-corrected chi connectivity index (χ0v) is 31.5. The maximum Gasteiger partial charge on any atom is 0.407 e. The van der Waals surface area contributed by atoms with Crippen LogP contribution in [0.4, 0.5) is 4.79 Å². The van der Waals surface area contributed by atoms with E-state index < -0.39 is 33.7 Å². The number of aliphatic carboxylic acids is 1. The number of guanidine groups is 1. The highest BCUT2D eigenvalue weighted by Crippen LogP contribution is 2.45. The van der Waals surface area contributed by atoms with E-state index >= 15 is 0 Å². The lowest BCUT2D eigenvalue weighted by Crippen LogP contribution is -2.43. The Morgan fingerprint density at radius 1 is 0.925 bits per heavy atom. The van der Waals surface area contributed by atoms with Gasteiger partial charge in [-0.3, -0.25) is 0 Å². The molecular weight excluding hydrogens is 693 g/mol. The second-order valence-electron chi connectivity index (χ2n) is 14.2. The van der Waals surface area contributed by atoms with Crippen LogP contribution < -0.4 is 20.1 Å². The number of nitrogens with zero attached hydrogens (tertiary/aromatic N) is 1. The first-order valence-electron chi connectivity index (χ1n) is 17.8. The summed E-state index contributed by atoms with van der Waals surface area (Å²) >= 11 is 0. The van der Waals surface area contributed by atoms with Crippen LogP contribution in [0.25, 0.3) is 11.1 Å². The minimum Gasteiger partial charge on any atom is -0.487 e. The Kier molecular flexibility index (Phi) is 10.8. The molecule has 0 spiro atoms. The number of aliphatic imine (C=N–C) groups is 1. The Labute approximate surface area is 310 Å². The van der Waals surface area contributed by atoms with Crippen molar-refractivity contribution >= 4 is 28.0 Å². The molecule has 53 heavy (non-hydrogen) atoms. The molecule has 11 nitrogen and oxygen atoms in total. The molecule has 1 amide bonds. The Hall–Kier alpha value is -5.36. The highest BCUT2D eigenvalue weighted by atomic mass is 32.2. The van der Waals surface area contributed by atoms with Crippen LogP contribution in [0.15, 0.2) is 88.8 Å². The first kappa shape index (κ1) is 37.4. The molecule has 2 aliphatic rings. The first-order valence-corrected chi connectivity index (χ1v) is 19.2. The summed E-state index contributed by atoms with van der Waals surface area (Å²) in [6.45, 7) is 9.84. The van der Waals surface area contributed by atoms with Crippen LogP contribution in [0, 0.1) is 20.8 Å². The number of fused-ring (bicyclic) bond motifs is 4. The van der Waals surface area contributed by atoms with Crippen LogP contribution in [-0.4, -0.2) is 56.3 Å². The van der Waals surface area contributed by atoms with Gasteiger partial charge in [0.2, 0.25) is 5.96 Å². The number of nitrogens with one attached hydrogen (secondary N) is 3. The number of alkyl carbamates (subject to hydrolysis) is 1. The van der Waals surface area contributed by atoms with Crippen molar-refractivity contribution < 1.29 is 32.6 Å². The quantitative estimate of drug-likeness (QED) is 0.0728. The molecular formula is C41H46N4O7S. The van der Waals surface area contributed by atoms with Crippen molar-refractivity contribution in [1.82, 2.24) is 15.4 Å². The number of benzene rings is 4. The van der Waals surface area contributed by atoms with E-state index in [-0.39, 0.29) is 49.3 Å². The Balaban J connectivity index is 1.10. The van der Waals surface area contributed by atoms with Crippen molar-refractivity contribution in [3.63, 3.8) is 0 Å². The fraction of sp³-hybridized carbons (Fsp3) is 0.341. The van der Waals surface area contributed by atoms with Gasteiger partial charge in [0.25, 0.3) is 10.0 Å². The van der Waals surface area contributed by atoms with Gasteiger partial charge < -0.3 is 25.2 Å². The van der Waals surface area contributed by atoms with Gasteiger partial charge in [-0.05, 0) is 92.0 Å². The minimum absolute atomic E-state index is 0.0266. The number of carbonyl (C=O) groups is 2. The van der Waals surface area contributed by atoms with Crippen LogP contribution in [0.2, 0.25) is 0 Å². The van der Waals surface area contributed by atoms with E-state index in [0.29, 0.717) is 17.5 Å². The summed E-state index contributed by atoms with van der Waals surface area (Å²) in [7, 11) is -4.11. The maximum atomic E-state index is 14.0. The second kappa shape index (κ2) is 15.3. The number of hydrogen-bond acceptors (Lipinski definition) is 7. The fourth-order valence-corrected chi connectivity index (χ4v) is 8.83. The van der Waals surface area contributed by atoms with Crippen LogP contribution >= 0.6 is 0 Å². The van der Waals surface area contributed by atoms with E-state index in [1.807, 2.05) is 99.6 Å². The Bertz CT molecular complexity index is 2120. The standard InChI is InChI=1S/C41H46N4O7S/c1-25-26(2)37(27(3)33-22-41(4,5)52-36(25)33)53(49,50)45-39(43-23-28-14-7-6-8-15-28)42-21-13-20-35(38(46)47)44-40(48)51-24-34-31-18-11-9-16-29(31)30-17-10-12-19-32(30)34/h6-12,14-19,34-35H,13,20-24H2,1-5H3,(H,44,48)(H,46,47)(H2,42,43,45)/t35-/m1/s1. The molecule has 4 aromatic rings. The molecule has 0 bridgehead atoms. The van der Waals surface area contributed by atoms with Crippen molar-refractivity contribution in [3.05, 3.63) is 118 Å². The lowest BCUT2D eigenvalue weighted by atomic mass is 9.94. The number of amides is 1. The van der Waals surface area contributed by atoms with Gasteiger partial charge in [-0.25, -0.2) is 27.7 Å². The van der Waals surface area contributed by atoms with Crippen molar-refractivity contribution in [3.8, 4) is 16.9 Å². The van der Waals surface area contributed by atoms with Crippen molar-refractivity contribution in [1.29, 1.82) is 0 Å². The van der Waals surface area contributed by atoms with Crippen molar-refractivity contribution in [2.45, 2.75) is 82.9 Å². The van der Waals surface area contributed by atoms with Gasteiger partial charge in [0.15, 0.2) is 0 Å². The summed E-state index contributed by atoms with van der Waals surface area (Å²) in [5.41, 5.74) is 7.59. The fourth-order valence-electron chi connectivity index (χ4n) is 7.26. The third-order valence-corrected chi connectivity index (χ3v) is 11.6. The minimum atomic E-state index is -4.11. The van der Waals surface area contributed by atoms with Gasteiger partial charge in [0.05, 0.1) is 11.4 Å². The predicted octanol–water partition coefficient (Wildman–Crippen LogP) is 6.52. The molecule has 4 aromatic carbocycles. The molecule has 1 aliphatic carbocycles.